The van der Waals surface area contributed by atoms with E-state index in [0.717, 1.165) is 6.92 Å². The smallest absolute Gasteiger partial charge is 0.335 e. The number of carboxylic acid groups (broad SMARTS) is 1. The number of aliphatic carboxylic acids is 1. The predicted molar refractivity (Wildman–Crippen MR) is 49.3 cm³/mol. The third-order valence-corrected chi connectivity index (χ3v) is 1.81. The van der Waals surface area contributed by atoms with E-state index in [1.165, 1.54) is 0 Å². The second kappa shape index (κ2) is 6.16. The number of rotatable bonds is 6. The number of aliphatic hydroxyl groups excluding tert-OH is 3. The van der Waals surface area contributed by atoms with E-state index in [2.05, 4.69) is 0 Å². The lowest BCUT2D eigenvalue weighted by molar-refractivity contribution is -0.159. The van der Waals surface area contributed by atoms with Crippen LogP contribution >= 0.6 is 0 Å². The van der Waals surface area contributed by atoms with Crippen LogP contribution in [-0.2, 0) is 14.4 Å². The van der Waals surface area contributed by atoms with Gasteiger partial charge in [0, 0.05) is 6.92 Å². The number of carbonyl (C=O) groups is 3. The molecule has 8 nitrogen and oxygen atoms in total. The van der Waals surface area contributed by atoms with E-state index in [1.54, 1.807) is 0 Å². The topological polar surface area (TPSA) is 144 Å². The van der Waals surface area contributed by atoms with Crippen molar-refractivity contribution in [2.24, 2.45) is 0 Å². The summed E-state index contributed by atoms with van der Waals surface area (Å²) >= 11 is 0. The van der Waals surface area contributed by atoms with Crippen molar-refractivity contribution in [1.29, 1.82) is 0 Å². The standard InChI is InChI=1S/C8H13NO7/c1-3(11)9-4(2-10)5(12)6(13)7(14)8(15)16/h2,4-7,12-14H,1H3,(H,9,11)(H,15,16)/t4-,5-,6+,7+/m1/s1. The van der Waals surface area contributed by atoms with Crippen LogP contribution in [0.3, 0.4) is 0 Å². The van der Waals surface area contributed by atoms with Crippen molar-refractivity contribution in [1.82, 2.24) is 5.32 Å². The molecule has 16 heavy (non-hydrogen) atoms. The predicted octanol–water partition coefficient (Wildman–Crippen LogP) is -3.14. The molecule has 8 heteroatoms. The van der Waals surface area contributed by atoms with Crippen LogP contribution in [0.1, 0.15) is 6.92 Å². The van der Waals surface area contributed by atoms with Gasteiger partial charge in [-0.2, -0.15) is 0 Å². The fourth-order valence-electron chi connectivity index (χ4n) is 0.980. The van der Waals surface area contributed by atoms with Crippen LogP contribution in [0, 0.1) is 0 Å². The number of aldehydes is 1. The molecule has 0 aliphatic rings. The number of hydrogen-bond donors (Lipinski definition) is 5. The Balaban J connectivity index is 4.60. The first kappa shape index (κ1) is 14.5. The van der Waals surface area contributed by atoms with E-state index in [-0.39, 0.29) is 6.29 Å². The maximum atomic E-state index is 10.6. The Morgan fingerprint density at radius 2 is 1.69 bits per heavy atom. The van der Waals surface area contributed by atoms with Gasteiger partial charge >= 0.3 is 5.97 Å². The number of carbonyl (C=O) groups excluding carboxylic acids is 2. The molecule has 0 spiro atoms. The summed E-state index contributed by atoms with van der Waals surface area (Å²) in [5, 5.41) is 37.7. The maximum Gasteiger partial charge on any atom is 0.335 e. The lowest BCUT2D eigenvalue weighted by atomic mass is 10.0. The summed E-state index contributed by atoms with van der Waals surface area (Å²) in [6, 6.07) is -1.48. The van der Waals surface area contributed by atoms with E-state index < -0.39 is 36.2 Å². The molecule has 0 aliphatic carbocycles. The van der Waals surface area contributed by atoms with Gasteiger partial charge in [-0.05, 0) is 0 Å². The van der Waals surface area contributed by atoms with E-state index in [0.29, 0.717) is 0 Å². The van der Waals surface area contributed by atoms with Crippen molar-refractivity contribution >= 4 is 18.2 Å². The number of carboxylic acids is 1. The molecule has 4 atom stereocenters. The number of aliphatic hydroxyl groups is 3. The second-order valence-corrected chi connectivity index (χ2v) is 3.13. The monoisotopic (exact) mass is 235 g/mol. The maximum absolute atomic E-state index is 10.6. The van der Waals surface area contributed by atoms with Gasteiger partial charge in [0.05, 0.1) is 0 Å². The lowest BCUT2D eigenvalue weighted by Crippen LogP contribution is -2.53. The third kappa shape index (κ3) is 3.93. The molecule has 0 radical (unpaired) electrons. The van der Waals surface area contributed by atoms with Crippen LogP contribution < -0.4 is 5.32 Å². The molecular formula is C8H13NO7. The first-order valence-corrected chi connectivity index (χ1v) is 4.30. The van der Waals surface area contributed by atoms with Gasteiger partial charge < -0.3 is 30.5 Å². The Hall–Kier alpha value is -1.51. The molecule has 0 heterocycles. The van der Waals surface area contributed by atoms with Gasteiger partial charge in [-0.1, -0.05) is 0 Å². The van der Waals surface area contributed by atoms with Gasteiger partial charge in [-0.3, -0.25) is 4.79 Å². The molecule has 0 unspecified atom stereocenters. The fourth-order valence-corrected chi connectivity index (χ4v) is 0.980. The summed E-state index contributed by atoms with van der Waals surface area (Å²) in [6.45, 7) is 1.07. The second-order valence-electron chi connectivity index (χ2n) is 3.13. The van der Waals surface area contributed by atoms with Gasteiger partial charge in [0.2, 0.25) is 5.91 Å². The summed E-state index contributed by atoms with van der Waals surface area (Å²) in [7, 11) is 0. The number of hydrogen-bond acceptors (Lipinski definition) is 6. The van der Waals surface area contributed by atoms with Crippen LogP contribution in [-0.4, -0.2) is 62.9 Å². The van der Waals surface area contributed by atoms with Crippen molar-refractivity contribution in [2.45, 2.75) is 31.3 Å². The molecule has 0 saturated heterocycles. The normalized spacial score (nSPS) is 18.0. The van der Waals surface area contributed by atoms with E-state index in [1.807, 2.05) is 5.32 Å². The summed E-state index contributed by atoms with van der Waals surface area (Å²) in [5.74, 6) is -2.40. The van der Waals surface area contributed by atoms with Gasteiger partial charge in [0.1, 0.15) is 24.5 Å². The minimum Gasteiger partial charge on any atom is -0.479 e. The molecular weight excluding hydrogens is 222 g/mol. The summed E-state index contributed by atoms with van der Waals surface area (Å²) < 4.78 is 0. The SMILES string of the molecule is CC(=O)N[C@H](C=O)[C@@H](O)[C@H](O)[C@H](O)C(=O)O. The zero-order valence-corrected chi connectivity index (χ0v) is 8.40. The Kier molecular flexibility index (Phi) is 5.57. The van der Waals surface area contributed by atoms with Crippen LogP contribution in [0.15, 0.2) is 0 Å². The summed E-state index contributed by atoms with van der Waals surface area (Å²) in [4.78, 5) is 31.3. The minimum atomic E-state index is -2.24. The molecule has 92 valence electrons. The Morgan fingerprint density at radius 1 is 1.19 bits per heavy atom. The Morgan fingerprint density at radius 3 is 2.00 bits per heavy atom. The lowest BCUT2D eigenvalue weighted by Gasteiger charge is -2.24. The van der Waals surface area contributed by atoms with E-state index in [4.69, 9.17) is 10.2 Å². The molecule has 0 aromatic rings. The molecule has 0 aliphatic heterocycles. The number of amides is 1. The van der Waals surface area contributed by atoms with Gasteiger partial charge in [-0.15, -0.1) is 0 Å². The Bertz CT molecular complexity index is 280. The largest absolute Gasteiger partial charge is 0.479 e. The highest BCUT2D eigenvalue weighted by Crippen LogP contribution is 2.04. The van der Waals surface area contributed by atoms with E-state index in [9.17, 15) is 24.6 Å². The van der Waals surface area contributed by atoms with Crippen LogP contribution in [0.2, 0.25) is 0 Å². The molecule has 0 fully saturated rings. The zero-order valence-electron chi connectivity index (χ0n) is 8.40. The molecule has 0 aromatic carbocycles. The molecule has 1 amide bonds. The fraction of sp³-hybridized carbons (Fsp3) is 0.625. The van der Waals surface area contributed by atoms with Crippen LogP contribution in [0.4, 0.5) is 0 Å². The molecule has 0 aromatic heterocycles. The highest BCUT2D eigenvalue weighted by molar-refractivity contribution is 5.78. The molecule has 0 saturated carbocycles. The highest BCUT2D eigenvalue weighted by atomic mass is 16.4. The summed E-state index contributed by atoms with van der Waals surface area (Å²) in [5.41, 5.74) is 0. The molecule has 0 bridgehead atoms. The molecule has 0 rings (SSSR count). The highest BCUT2D eigenvalue weighted by Gasteiger charge is 2.35. The van der Waals surface area contributed by atoms with Gasteiger partial charge in [0.25, 0.3) is 0 Å². The van der Waals surface area contributed by atoms with Crippen molar-refractivity contribution < 1.29 is 34.8 Å². The van der Waals surface area contributed by atoms with Crippen molar-refractivity contribution in [3.05, 3.63) is 0 Å². The average Bonchev–Trinajstić information content (AvgIpc) is 2.22. The zero-order chi connectivity index (χ0) is 12.9. The van der Waals surface area contributed by atoms with Crippen LogP contribution in [0.25, 0.3) is 0 Å². The first-order valence-electron chi connectivity index (χ1n) is 4.30. The minimum absolute atomic E-state index is 0.129. The Labute approximate surface area is 90.5 Å². The first-order chi connectivity index (χ1) is 7.31. The quantitative estimate of drug-likeness (QED) is 0.306. The van der Waals surface area contributed by atoms with Gasteiger partial charge in [-0.25, -0.2) is 4.79 Å². The van der Waals surface area contributed by atoms with Crippen molar-refractivity contribution in [3.8, 4) is 0 Å². The average molecular weight is 235 g/mol. The molecule has 5 N–H and O–H groups in total. The van der Waals surface area contributed by atoms with Gasteiger partial charge in [0.15, 0.2) is 6.10 Å². The number of nitrogens with one attached hydrogen (secondary N) is 1. The van der Waals surface area contributed by atoms with E-state index >= 15 is 0 Å². The van der Waals surface area contributed by atoms with Crippen molar-refractivity contribution in [2.75, 3.05) is 0 Å². The van der Waals surface area contributed by atoms with Crippen LogP contribution in [0.5, 0.6) is 0 Å². The third-order valence-electron chi connectivity index (χ3n) is 1.81. The summed E-state index contributed by atoms with van der Waals surface area (Å²) in [6.07, 6.45) is -6.11. The van der Waals surface area contributed by atoms with Crippen molar-refractivity contribution in [3.63, 3.8) is 0 Å².